The molecular weight excluding hydrogens is 178 g/mol. The summed E-state index contributed by atoms with van der Waals surface area (Å²) in [4.78, 5) is 2.75. The first-order valence-corrected chi connectivity index (χ1v) is 6.83. The van der Waals surface area contributed by atoms with Crippen LogP contribution in [0.4, 0.5) is 0 Å². The van der Waals surface area contributed by atoms with Crippen LogP contribution in [0, 0.1) is 5.92 Å². The Morgan fingerprint density at radius 3 is 2.23 bits per heavy atom. The number of thioether (sulfide) groups is 1. The molecule has 0 atom stereocenters. The van der Waals surface area contributed by atoms with Gasteiger partial charge in [0.1, 0.15) is 0 Å². The third kappa shape index (κ3) is 2.63. The first kappa shape index (κ1) is 9.85. The smallest absolute Gasteiger partial charge is 0.0111 e. The van der Waals surface area contributed by atoms with Crippen LogP contribution in [0.15, 0.2) is 0 Å². The Kier molecular flexibility index (Phi) is 3.56. The van der Waals surface area contributed by atoms with Gasteiger partial charge in [-0.15, -0.1) is 0 Å². The summed E-state index contributed by atoms with van der Waals surface area (Å²) in [6.45, 7) is 5.14. The number of hydrogen-bond donors (Lipinski definition) is 0. The minimum atomic E-state index is 0.939. The minimum absolute atomic E-state index is 0.939. The molecule has 0 aromatic carbocycles. The molecule has 2 aliphatic rings. The van der Waals surface area contributed by atoms with Crippen LogP contribution in [-0.4, -0.2) is 35.5 Å². The van der Waals surface area contributed by atoms with E-state index in [0.29, 0.717) is 0 Å². The van der Waals surface area contributed by atoms with Crippen LogP contribution >= 0.6 is 11.8 Å². The number of piperidine rings is 1. The quantitative estimate of drug-likeness (QED) is 0.638. The molecule has 2 rings (SSSR count). The van der Waals surface area contributed by atoms with E-state index in [1.54, 1.807) is 0 Å². The highest BCUT2D eigenvalue weighted by Gasteiger charge is 2.24. The van der Waals surface area contributed by atoms with Gasteiger partial charge in [0, 0.05) is 6.04 Å². The second-order valence-corrected chi connectivity index (χ2v) is 5.79. The lowest BCUT2D eigenvalue weighted by Gasteiger charge is -2.38. The van der Waals surface area contributed by atoms with Crippen molar-refractivity contribution in [3.63, 3.8) is 0 Å². The maximum atomic E-state index is 2.75. The molecule has 0 aromatic heterocycles. The van der Waals surface area contributed by atoms with Gasteiger partial charge in [-0.2, -0.15) is 11.8 Å². The Labute approximate surface area is 86.3 Å². The van der Waals surface area contributed by atoms with Crippen LogP contribution in [0.5, 0.6) is 0 Å². The molecule has 0 unspecified atom stereocenters. The van der Waals surface area contributed by atoms with Crippen molar-refractivity contribution in [2.45, 2.75) is 38.6 Å². The van der Waals surface area contributed by atoms with E-state index in [1.165, 1.54) is 50.3 Å². The van der Waals surface area contributed by atoms with E-state index >= 15 is 0 Å². The van der Waals surface area contributed by atoms with Gasteiger partial charge in [-0.05, 0) is 56.2 Å². The Bertz CT molecular complexity index is 146. The van der Waals surface area contributed by atoms with Gasteiger partial charge < -0.3 is 4.90 Å². The molecule has 76 valence electrons. The van der Waals surface area contributed by atoms with Crippen LogP contribution in [-0.2, 0) is 0 Å². The van der Waals surface area contributed by atoms with Crippen LogP contribution in [0.1, 0.15) is 32.6 Å². The van der Waals surface area contributed by atoms with Gasteiger partial charge in [0.15, 0.2) is 0 Å². The molecule has 2 aliphatic heterocycles. The van der Waals surface area contributed by atoms with Crippen molar-refractivity contribution in [2.75, 3.05) is 24.6 Å². The molecule has 2 heteroatoms. The van der Waals surface area contributed by atoms with E-state index in [9.17, 15) is 0 Å². The van der Waals surface area contributed by atoms with Gasteiger partial charge in [0.05, 0.1) is 0 Å². The van der Waals surface area contributed by atoms with Crippen LogP contribution in [0.3, 0.4) is 0 Å². The highest BCUT2D eigenvalue weighted by atomic mass is 32.2. The molecule has 13 heavy (non-hydrogen) atoms. The van der Waals surface area contributed by atoms with Crippen molar-refractivity contribution < 1.29 is 0 Å². The normalized spacial score (nSPS) is 29.3. The van der Waals surface area contributed by atoms with Crippen LogP contribution in [0.2, 0.25) is 0 Å². The molecule has 1 nitrogen and oxygen atoms in total. The minimum Gasteiger partial charge on any atom is -0.300 e. The lowest BCUT2D eigenvalue weighted by molar-refractivity contribution is 0.131. The van der Waals surface area contributed by atoms with E-state index in [1.807, 2.05) is 0 Å². The Hall–Kier alpha value is 0.310. The lowest BCUT2D eigenvalue weighted by Crippen LogP contribution is -2.42. The van der Waals surface area contributed by atoms with Gasteiger partial charge in [0.25, 0.3) is 0 Å². The monoisotopic (exact) mass is 199 g/mol. The van der Waals surface area contributed by atoms with Crippen molar-refractivity contribution in [2.24, 2.45) is 5.92 Å². The molecule has 2 saturated heterocycles. The highest BCUT2D eigenvalue weighted by Crippen LogP contribution is 2.25. The van der Waals surface area contributed by atoms with E-state index in [-0.39, 0.29) is 0 Å². The molecule has 0 radical (unpaired) electrons. The predicted molar refractivity (Wildman–Crippen MR) is 60.3 cm³/mol. The molecule has 2 heterocycles. The van der Waals surface area contributed by atoms with Gasteiger partial charge in [-0.25, -0.2) is 0 Å². The molecule has 2 fully saturated rings. The van der Waals surface area contributed by atoms with E-state index in [2.05, 4.69) is 23.6 Å². The fraction of sp³-hybridized carbons (Fsp3) is 1.00. The molecule has 0 amide bonds. The topological polar surface area (TPSA) is 3.24 Å². The van der Waals surface area contributed by atoms with Crippen molar-refractivity contribution in [3.8, 4) is 0 Å². The number of hydrogen-bond acceptors (Lipinski definition) is 2. The van der Waals surface area contributed by atoms with Crippen molar-refractivity contribution in [1.29, 1.82) is 0 Å². The number of likely N-dealkylation sites (tertiary alicyclic amines) is 1. The summed E-state index contributed by atoms with van der Waals surface area (Å²) in [5.74, 6) is 3.78. The van der Waals surface area contributed by atoms with Crippen molar-refractivity contribution >= 4 is 11.8 Å². The summed E-state index contributed by atoms with van der Waals surface area (Å²) in [5, 5.41) is 0. The molecule has 0 bridgehead atoms. The SMILES string of the molecule is CC1CCN(C2CCSCC2)CC1. The predicted octanol–water partition coefficient (Wildman–Crippen LogP) is 2.61. The number of rotatable bonds is 1. The Balaban J connectivity index is 1.79. The summed E-state index contributed by atoms with van der Waals surface area (Å²) in [6.07, 6.45) is 5.76. The largest absolute Gasteiger partial charge is 0.300 e. The molecule has 0 N–H and O–H groups in total. The van der Waals surface area contributed by atoms with Crippen LogP contribution < -0.4 is 0 Å². The summed E-state index contributed by atoms with van der Waals surface area (Å²) >= 11 is 2.14. The fourth-order valence-electron chi connectivity index (χ4n) is 2.44. The first-order valence-electron chi connectivity index (χ1n) is 5.68. The van der Waals surface area contributed by atoms with Crippen molar-refractivity contribution in [1.82, 2.24) is 4.90 Å². The Morgan fingerprint density at radius 2 is 1.62 bits per heavy atom. The molecule has 0 aliphatic carbocycles. The maximum absolute atomic E-state index is 2.75. The summed E-state index contributed by atoms with van der Waals surface area (Å²) in [6, 6.07) is 0.939. The fourth-order valence-corrected chi connectivity index (χ4v) is 3.53. The van der Waals surface area contributed by atoms with E-state index in [0.717, 1.165) is 12.0 Å². The van der Waals surface area contributed by atoms with Gasteiger partial charge in [0.2, 0.25) is 0 Å². The van der Waals surface area contributed by atoms with Gasteiger partial charge >= 0.3 is 0 Å². The summed E-state index contributed by atoms with van der Waals surface area (Å²) in [7, 11) is 0. The maximum Gasteiger partial charge on any atom is 0.0111 e. The molecule has 0 spiro atoms. The average Bonchev–Trinajstić information content (AvgIpc) is 2.20. The second-order valence-electron chi connectivity index (χ2n) is 4.56. The van der Waals surface area contributed by atoms with Gasteiger partial charge in [-0.3, -0.25) is 0 Å². The molecule has 0 aromatic rings. The second kappa shape index (κ2) is 4.70. The number of nitrogens with zero attached hydrogens (tertiary/aromatic N) is 1. The molecular formula is C11H21NS. The summed E-state index contributed by atoms with van der Waals surface area (Å²) < 4.78 is 0. The zero-order valence-electron chi connectivity index (χ0n) is 8.67. The Morgan fingerprint density at radius 1 is 1.00 bits per heavy atom. The van der Waals surface area contributed by atoms with Gasteiger partial charge in [-0.1, -0.05) is 6.92 Å². The van der Waals surface area contributed by atoms with E-state index in [4.69, 9.17) is 0 Å². The van der Waals surface area contributed by atoms with Crippen molar-refractivity contribution in [3.05, 3.63) is 0 Å². The zero-order valence-corrected chi connectivity index (χ0v) is 9.48. The first-order chi connectivity index (χ1) is 6.36. The average molecular weight is 199 g/mol. The van der Waals surface area contributed by atoms with Crippen LogP contribution in [0.25, 0.3) is 0 Å². The van der Waals surface area contributed by atoms with E-state index < -0.39 is 0 Å². The lowest BCUT2D eigenvalue weighted by atomic mass is 9.96. The highest BCUT2D eigenvalue weighted by molar-refractivity contribution is 7.99. The third-order valence-corrected chi connectivity index (χ3v) is 4.57. The third-order valence-electron chi connectivity index (χ3n) is 3.53. The summed E-state index contributed by atoms with van der Waals surface area (Å²) in [5.41, 5.74) is 0. The standard InChI is InChI=1S/C11H21NS/c1-10-2-6-12(7-3-10)11-4-8-13-9-5-11/h10-11H,2-9H2,1H3. The zero-order chi connectivity index (χ0) is 9.10. The molecule has 0 saturated carbocycles.